The highest BCUT2D eigenvalue weighted by atomic mass is 19.1. The normalized spacial score (nSPS) is 15.3. The topological polar surface area (TPSA) is 53.4 Å². The van der Waals surface area contributed by atoms with Crippen LogP contribution < -0.4 is 0 Å². The van der Waals surface area contributed by atoms with E-state index >= 15 is 0 Å². The summed E-state index contributed by atoms with van der Waals surface area (Å²) in [6, 6.07) is 2.66. The minimum absolute atomic E-state index is 0.194. The van der Waals surface area contributed by atoms with E-state index < -0.39 is 11.8 Å². The van der Waals surface area contributed by atoms with Crippen LogP contribution in [-0.4, -0.2) is 34.6 Å². The Bertz CT molecular complexity index is 728. The molecule has 1 aliphatic rings. The van der Waals surface area contributed by atoms with Crippen LogP contribution in [0.25, 0.3) is 10.9 Å². The van der Waals surface area contributed by atoms with Crippen molar-refractivity contribution in [2.45, 2.75) is 19.9 Å². The highest BCUT2D eigenvalue weighted by Gasteiger charge is 2.25. The highest BCUT2D eigenvalue weighted by Crippen LogP contribution is 2.29. The molecule has 2 heterocycles. The third kappa shape index (κ3) is 1.94. The lowest BCUT2D eigenvalue weighted by Crippen LogP contribution is -2.29. The number of hydrogen-bond acceptors (Lipinski definition) is 3. The number of aromatic nitrogens is 1. The number of carboxylic acid groups (broad SMARTS) is 1. The van der Waals surface area contributed by atoms with Crippen molar-refractivity contribution in [3.63, 3.8) is 0 Å². The van der Waals surface area contributed by atoms with Gasteiger partial charge in [0.15, 0.2) is 0 Å². The summed E-state index contributed by atoms with van der Waals surface area (Å²) in [5.41, 5.74) is 2.99. The molecule has 0 saturated heterocycles. The Labute approximate surface area is 115 Å². The third-order valence-corrected chi connectivity index (χ3v) is 3.80. The zero-order valence-corrected chi connectivity index (χ0v) is 11.4. The summed E-state index contributed by atoms with van der Waals surface area (Å²) in [6.07, 6.45) is 0.721. The number of pyridine rings is 1. The number of carbonyl (C=O) groups is 1. The zero-order valence-electron chi connectivity index (χ0n) is 11.4. The summed E-state index contributed by atoms with van der Waals surface area (Å²) < 4.78 is 13.6. The molecule has 0 fully saturated rings. The molecule has 0 aliphatic carbocycles. The molecule has 0 unspecified atom stereocenters. The van der Waals surface area contributed by atoms with Crippen LogP contribution in [0.15, 0.2) is 12.1 Å². The number of hydrogen-bond donors (Lipinski definition) is 1. The molecule has 104 valence electrons. The lowest BCUT2D eigenvalue weighted by Gasteiger charge is -2.26. The van der Waals surface area contributed by atoms with Crippen LogP contribution >= 0.6 is 0 Å². The molecule has 0 atom stereocenters. The number of likely N-dealkylation sites (N-methyl/N-ethyl adjacent to an activating group) is 1. The predicted molar refractivity (Wildman–Crippen MR) is 73.4 cm³/mol. The molecule has 5 heteroatoms. The number of benzene rings is 1. The monoisotopic (exact) mass is 274 g/mol. The van der Waals surface area contributed by atoms with Gasteiger partial charge in [0.25, 0.3) is 0 Å². The van der Waals surface area contributed by atoms with Crippen molar-refractivity contribution in [2.24, 2.45) is 0 Å². The number of halogens is 1. The number of carboxylic acids is 1. The van der Waals surface area contributed by atoms with E-state index in [-0.39, 0.29) is 5.56 Å². The molecule has 1 N–H and O–H groups in total. The number of rotatable bonds is 1. The van der Waals surface area contributed by atoms with Crippen molar-refractivity contribution < 1.29 is 14.3 Å². The highest BCUT2D eigenvalue weighted by molar-refractivity contribution is 6.05. The van der Waals surface area contributed by atoms with E-state index in [0.29, 0.717) is 28.6 Å². The quantitative estimate of drug-likeness (QED) is 0.867. The average Bonchev–Trinajstić information content (AvgIpc) is 2.36. The summed E-state index contributed by atoms with van der Waals surface area (Å²) >= 11 is 0. The average molecular weight is 274 g/mol. The first-order valence-corrected chi connectivity index (χ1v) is 6.51. The molecular weight excluding hydrogens is 259 g/mol. The minimum atomic E-state index is -1.02. The Kier molecular flexibility index (Phi) is 2.94. The smallest absolute Gasteiger partial charge is 0.336 e. The van der Waals surface area contributed by atoms with Gasteiger partial charge in [-0.2, -0.15) is 0 Å². The van der Waals surface area contributed by atoms with Crippen LogP contribution in [0.5, 0.6) is 0 Å². The third-order valence-electron chi connectivity index (χ3n) is 3.80. The van der Waals surface area contributed by atoms with Gasteiger partial charge in [0, 0.05) is 36.2 Å². The summed E-state index contributed by atoms with van der Waals surface area (Å²) in [4.78, 5) is 18.3. The SMILES string of the molecule is Cc1cc(F)cc2c(C(=O)O)c3c(nc12)CCN(C)C3. The van der Waals surface area contributed by atoms with E-state index in [9.17, 15) is 14.3 Å². The molecule has 0 bridgehead atoms. The summed E-state index contributed by atoms with van der Waals surface area (Å²) in [7, 11) is 1.94. The first-order chi connectivity index (χ1) is 9.47. The second-order valence-corrected chi connectivity index (χ2v) is 5.32. The van der Waals surface area contributed by atoms with Gasteiger partial charge >= 0.3 is 5.97 Å². The molecular formula is C15H15FN2O2. The lowest BCUT2D eigenvalue weighted by molar-refractivity contribution is 0.0696. The van der Waals surface area contributed by atoms with Crippen LogP contribution in [-0.2, 0) is 13.0 Å². The fourth-order valence-electron chi connectivity index (χ4n) is 2.85. The molecule has 0 amide bonds. The van der Waals surface area contributed by atoms with E-state index in [2.05, 4.69) is 9.88 Å². The van der Waals surface area contributed by atoms with Gasteiger partial charge < -0.3 is 10.0 Å². The second-order valence-electron chi connectivity index (χ2n) is 5.32. The Morgan fingerprint density at radius 1 is 1.45 bits per heavy atom. The van der Waals surface area contributed by atoms with Crippen molar-refractivity contribution in [3.8, 4) is 0 Å². The zero-order chi connectivity index (χ0) is 14.4. The van der Waals surface area contributed by atoms with E-state index in [1.807, 2.05) is 7.05 Å². The van der Waals surface area contributed by atoms with Gasteiger partial charge in [-0.05, 0) is 31.7 Å². The number of aromatic carboxylic acids is 1. The van der Waals surface area contributed by atoms with Crippen LogP contribution in [0.2, 0.25) is 0 Å². The van der Waals surface area contributed by atoms with Crippen molar-refractivity contribution in [1.82, 2.24) is 9.88 Å². The van der Waals surface area contributed by atoms with Gasteiger partial charge in [-0.15, -0.1) is 0 Å². The number of nitrogens with zero attached hydrogens (tertiary/aromatic N) is 2. The molecule has 1 aromatic carbocycles. The minimum Gasteiger partial charge on any atom is -0.478 e. The van der Waals surface area contributed by atoms with Crippen LogP contribution in [0.1, 0.15) is 27.2 Å². The maximum atomic E-state index is 13.6. The summed E-state index contributed by atoms with van der Waals surface area (Å²) in [6.45, 7) is 3.14. The molecule has 2 aromatic rings. The standard InChI is InChI=1S/C15H15FN2O2/c1-8-5-9(16)6-10-13(15(19)20)11-7-18(2)4-3-12(11)17-14(8)10/h5-6H,3-4,7H2,1-2H3,(H,19,20). The molecule has 0 spiro atoms. The van der Waals surface area contributed by atoms with E-state index in [1.165, 1.54) is 12.1 Å². The Balaban J connectivity index is 2.42. The van der Waals surface area contributed by atoms with Gasteiger partial charge in [-0.3, -0.25) is 4.98 Å². The van der Waals surface area contributed by atoms with Gasteiger partial charge in [0.05, 0.1) is 11.1 Å². The molecule has 1 aliphatic heterocycles. The molecule has 4 nitrogen and oxygen atoms in total. The van der Waals surface area contributed by atoms with E-state index in [1.54, 1.807) is 6.92 Å². The van der Waals surface area contributed by atoms with Crippen molar-refractivity contribution in [1.29, 1.82) is 0 Å². The van der Waals surface area contributed by atoms with Gasteiger partial charge in [-0.25, -0.2) is 9.18 Å². The number of aryl methyl sites for hydroxylation is 1. The molecule has 0 radical (unpaired) electrons. The van der Waals surface area contributed by atoms with Crippen LogP contribution in [0.3, 0.4) is 0 Å². The Morgan fingerprint density at radius 3 is 2.90 bits per heavy atom. The van der Waals surface area contributed by atoms with Crippen LogP contribution in [0.4, 0.5) is 4.39 Å². The second kappa shape index (κ2) is 4.52. The molecule has 3 rings (SSSR count). The Morgan fingerprint density at radius 2 is 2.20 bits per heavy atom. The van der Waals surface area contributed by atoms with Crippen LogP contribution in [0, 0.1) is 12.7 Å². The maximum absolute atomic E-state index is 13.6. The van der Waals surface area contributed by atoms with Gasteiger partial charge in [-0.1, -0.05) is 0 Å². The largest absolute Gasteiger partial charge is 0.478 e. The molecule has 0 saturated carbocycles. The van der Waals surface area contributed by atoms with E-state index in [0.717, 1.165) is 18.7 Å². The van der Waals surface area contributed by atoms with Gasteiger partial charge in [0.2, 0.25) is 0 Å². The van der Waals surface area contributed by atoms with Gasteiger partial charge in [0.1, 0.15) is 5.82 Å². The fourth-order valence-corrected chi connectivity index (χ4v) is 2.85. The fraction of sp³-hybridized carbons (Fsp3) is 0.333. The van der Waals surface area contributed by atoms with Crippen molar-refractivity contribution in [3.05, 3.63) is 40.3 Å². The lowest BCUT2D eigenvalue weighted by atomic mass is 9.95. The Hall–Kier alpha value is -2.01. The predicted octanol–water partition coefficient (Wildman–Crippen LogP) is 2.37. The van der Waals surface area contributed by atoms with E-state index in [4.69, 9.17) is 0 Å². The first kappa shape index (κ1) is 13.0. The van der Waals surface area contributed by atoms with Crippen molar-refractivity contribution in [2.75, 3.05) is 13.6 Å². The number of fused-ring (bicyclic) bond motifs is 2. The summed E-state index contributed by atoms with van der Waals surface area (Å²) in [5.74, 6) is -1.45. The van der Waals surface area contributed by atoms with Crippen molar-refractivity contribution >= 4 is 16.9 Å². The summed E-state index contributed by atoms with van der Waals surface area (Å²) in [5, 5.41) is 9.93. The first-order valence-electron chi connectivity index (χ1n) is 6.51. The molecule has 1 aromatic heterocycles. The maximum Gasteiger partial charge on any atom is 0.336 e. The molecule has 20 heavy (non-hydrogen) atoms.